The standard InChI is InChI=1S/C14H16ClN3O2S/c1-9(2)5-6-17-14-13(8-16)21(19,20)12-7-10(15)3-4-11(12)18-14/h3-4,7,9,17-18H,5-6H2,1-2H3. The van der Waals surface area contributed by atoms with Gasteiger partial charge >= 0.3 is 0 Å². The molecule has 0 aromatic heterocycles. The molecular weight excluding hydrogens is 310 g/mol. The Kier molecular flexibility index (Phi) is 4.45. The van der Waals surface area contributed by atoms with Gasteiger partial charge in [0.25, 0.3) is 0 Å². The van der Waals surface area contributed by atoms with Gasteiger partial charge in [-0.2, -0.15) is 5.26 Å². The molecule has 0 unspecified atom stereocenters. The smallest absolute Gasteiger partial charge is 0.222 e. The Balaban J connectivity index is 2.40. The molecule has 0 saturated heterocycles. The van der Waals surface area contributed by atoms with E-state index in [9.17, 15) is 13.7 Å². The van der Waals surface area contributed by atoms with Crippen LogP contribution >= 0.6 is 11.6 Å². The number of sulfone groups is 1. The van der Waals surface area contributed by atoms with E-state index in [1.54, 1.807) is 18.2 Å². The van der Waals surface area contributed by atoms with Crippen molar-refractivity contribution in [2.24, 2.45) is 5.92 Å². The van der Waals surface area contributed by atoms with E-state index in [4.69, 9.17) is 11.6 Å². The number of rotatable bonds is 4. The highest BCUT2D eigenvalue weighted by molar-refractivity contribution is 7.95. The van der Waals surface area contributed by atoms with Gasteiger partial charge < -0.3 is 10.6 Å². The van der Waals surface area contributed by atoms with Crippen LogP contribution in [0.4, 0.5) is 5.69 Å². The van der Waals surface area contributed by atoms with Crippen LogP contribution in [-0.4, -0.2) is 15.0 Å². The number of allylic oxidation sites excluding steroid dienone is 1. The van der Waals surface area contributed by atoms with Crippen molar-refractivity contribution in [2.75, 3.05) is 11.9 Å². The maximum absolute atomic E-state index is 12.5. The van der Waals surface area contributed by atoms with E-state index in [2.05, 4.69) is 24.5 Å². The SMILES string of the molecule is CC(C)CCNC1=C(C#N)S(=O)(=O)c2cc(Cl)ccc2N1. The predicted molar refractivity (Wildman–Crippen MR) is 82.4 cm³/mol. The molecular formula is C14H16ClN3O2S. The van der Waals surface area contributed by atoms with Crippen LogP contribution in [0, 0.1) is 17.2 Å². The van der Waals surface area contributed by atoms with Crippen molar-refractivity contribution in [3.63, 3.8) is 0 Å². The van der Waals surface area contributed by atoms with Gasteiger partial charge in [-0.05, 0) is 30.5 Å². The molecule has 5 nitrogen and oxygen atoms in total. The highest BCUT2D eigenvalue weighted by atomic mass is 35.5. The zero-order valence-corrected chi connectivity index (χ0v) is 13.3. The van der Waals surface area contributed by atoms with Gasteiger partial charge in [0.2, 0.25) is 9.84 Å². The molecule has 1 aliphatic rings. The van der Waals surface area contributed by atoms with Crippen LogP contribution in [0.3, 0.4) is 0 Å². The number of hydrogen-bond acceptors (Lipinski definition) is 5. The average molecular weight is 326 g/mol. The summed E-state index contributed by atoms with van der Waals surface area (Å²) in [4.78, 5) is -0.276. The molecule has 1 aromatic rings. The van der Waals surface area contributed by atoms with Crippen LogP contribution in [0.15, 0.2) is 33.8 Å². The molecule has 0 fully saturated rings. The van der Waals surface area contributed by atoms with Gasteiger partial charge in [0.15, 0.2) is 4.91 Å². The molecule has 1 heterocycles. The van der Waals surface area contributed by atoms with Gasteiger partial charge in [0.1, 0.15) is 11.9 Å². The van der Waals surface area contributed by atoms with Crippen molar-refractivity contribution in [1.29, 1.82) is 5.26 Å². The minimum atomic E-state index is -3.85. The van der Waals surface area contributed by atoms with Crippen molar-refractivity contribution >= 4 is 27.1 Å². The zero-order chi connectivity index (χ0) is 15.6. The zero-order valence-electron chi connectivity index (χ0n) is 11.8. The second kappa shape index (κ2) is 5.96. The minimum absolute atomic E-state index is 0.0287. The maximum atomic E-state index is 12.5. The van der Waals surface area contributed by atoms with Crippen LogP contribution in [0.2, 0.25) is 5.02 Å². The number of halogens is 1. The molecule has 0 radical (unpaired) electrons. The Morgan fingerprint density at radius 2 is 2.14 bits per heavy atom. The van der Waals surface area contributed by atoms with Gasteiger partial charge in [-0.25, -0.2) is 8.42 Å². The van der Waals surface area contributed by atoms with Crippen LogP contribution in [0.5, 0.6) is 0 Å². The van der Waals surface area contributed by atoms with Crippen molar-refractivity contribution in [3.8, 4) is 6.07 Å². The third-order valence-corrected chi connectivity index (χ3v) is 5.10. The summed E-state index contributed by atoms with van der Waals surface area (Å²) >= 11 is 5.84. The van der Waals surface area contributed by atoms with Gasteiger partial charge in [-0.3, -0.25) is 0 Å². The molecule has 1 aromatic carbocycles. The number of hydrogen-bond donors (Lipinski definition) is 2. The predicted octanol–water partition coefficient (Wildman–Crippen LogP) is 2.87. The molecule has 7 heteroatoms. The summed E-state index contributed by atoms with van der Waals surface area (Å²) in [5.41, 5.74) is 0.422. The second-order valence-electron chi connectivity index (χ2n) is 5.19. The Morgan fingerprint density at radius 3 is 2.76 bits per heavy atom. The molecule has 21 heavy (non-hydrogen) atoms. The Morgan fingerprint density at radius 1 is 1.43 bits per heavy atom. The highest BCUT2D eigenvalue weighted by Gasteiger charge is 2.32. The first-order chi connectivity index (χ1) is 9.86. The van der Waals surface area contributed by atoms with Crippen molar-refractivity contribution in [3.05, 3.63) is 33.9 Å². The van der Waals surface area contributed by atoms with E-state index in [0.29, 0.717) is 23.2 Å². The summed E-state index contributed by atoms with van der Waals surface area (Å²) in [6.07, 6.45) is 0.872. The Labute approximate surface area is 129 Å². The van der Waals surface area contributed by atoms with E-state index < -0.39 is 9.84 Å². The lowest BCUT2D eigenvalue weighted by molar-refractivity contribution is 0.562. The van der Waals surface area contributed by atoms with Crippen molar-refractivity contribution in [2.45, 2.75) is 25.2 Å². The summed E-state index contributed by atoms with van der Waals surface area (Å²) in [5, 5.41) is 15.5. The maximum Gasteiger partial charge on any atom is 0.222 e. The largest absolute Gasteiger partial charge is 0.370 e. The third kappa shape index (κ3) is 3.14. The molecule has 0 saturated carbocycles. The van der Waals surface area contributed by atoms with Crippen molar-refractivity contribution < 1.29 is 8.42 Å². The lowest BCUT2D eigenvalue weighted by Gasteiger charge is -2.23. The Bertz CT molecular complexity index is 733. The number of fused-ring (bicyclic) bond motifs is 1. The summed E-state index contributed by atoms with van der Waals surface area (Å²) < 4.78 is 25.0. The van der Waals surface area contributed by atoms with E-state index in [-0.39, 0.29) is 15.6 Å². The first-order valence-corrected chi connectivity index (χ1v) is 8.42. The van der Waals surface area contributed by atoms with Gasteiger partial charge in [-0.1, -0.05) is 25.4 Å². The van der Waals surface area contributed by atoms with Gasteiger partial charge in [-0.15, -0.1) is 0 Å². The van der Waals surface area contributed by atoms with Crippen LogP contribution in [0.1, 0.15) is 20.3 Å². The summed E-state index contributed by atoms with van der Waals surface area (Å²) in [7, 11) is -3.85. The molecule has 0 atom stereocenters. The summed E-state index contributed by atoms with van der Waals surface area (Å²) in [5.74, 6) is 0.711. The average Bonchev–Trinajstić information content (AvgIpc) is 2.39. The van der Waals surface area contributed by atoms with Crippen LogP contribution in [0.25, 0.3) is 0 Å². The molecule has 0 amide bonds. The number of nitrogens with one attached hydrogen (secondary N) is 2. The Hall–Kier alpha value is -1.71. The van der Waals surface area contributed by atoms with E-state index in [1.807, 2.05) is 0 Å². The quantitative estimate of drug-likeness (QED) is 0.889. The van der Waals surface area contributed by atoms with Crippen LogP contribution in [-0.2, 0) is 9.84 Å². The molecule has 2 N–H and O–H groups in total. The fourth-order valence-electron chi connectivity index (χ4n) is 1.98. The number of anilines is 1. The van der Waals surface area contributed by atoms with Gasteiger partial charge in [0.05, 0.1) is 10.6 Å². The monoisotopic (exact) mass is 325 g/mol. The molecule has 0 spiro atoms. The van der Waals surface area contributed by atoms with Crippen LogP contribution < -0.4 is 10.6 Å². The third-order valence-electron chi connectivity index (χ3n) is 3.11. The van der Waals surface area contributed by atoms with E-state index in [1.165, 1.54) is 6.07 Å². The molecule has 112 valence electrons. The highest BCUT2D eigenvalue weighted by Crippen LogP contribution is 2.35. The molecule has 0 aliphatic carbocycles. The fraction of sp³-hybridized carbons (Fsp3) is 0.357. The summed E-state index contributed by atoms with van der Waals surface area (Å²) in [6, 6.07) is 6.31. The molecule has 0 bridgehead atoms. The number of nitriles is 1. The first-order valence-electron chi connectivity index (χ1n) is 6.56. The van der Waals surface area contributed by atoms with Crippen molar-refractivity contribution in [1.82, 2.24) is 5.32 Å². The van der Waals surface area contributed by atoms with E-state index >= 15 is 0 Å². The lowest BCUT2D eigenvalue weighted by atomic mass is 10.1. The first kappa shape index (κ1) is 15.7. The molecule has 1 aliphatic heterocycles. The summed E-state index contributed by atoms with van der Waals surface area (Å²) in [6.45, 7) is 4.73. The molecule has 2 rings (SSSR count). The van der Waals surface area contributed by atoms with Gasteiger partial charge in [0, 0.05) is 11.6 Å². The van der Waals surface area contributed by atoms with E-state index in [0.717, 1.165) is 6.42 Å². The lowest BCUT2D eigenvalue weighted by Crippen LogP contribution is -2.29. The fourth-order valence-corrected chi connectivity index (χ4v) is 3.64. The second-order valence-corrected chi connectivity index (χ2v) is 7.49. The number of nitrogens with zero attached hydrogens (tertiary/aromatic N) is 1. The topological polar surface area (TPSA) is 82.0 Å². The normalized spacial score (nSPS) is 16.1. The number of benzene rings is 1. The minimum Gasteiger partial charge on any atom is -0.370 e.